The van der Waals surface area contributed by atoms with E-state index in [4.69, 9.17) is 11.6 Å². The zero-order valence-electron chi connectivity index (χ0n) is 8.46. The monoisotopic (exact) mass is 237 g/mol. The molecule has 0 aliphatic rings. The maximum Gasteiger partial charge on any atom is 0.0426 e. The first-order valence-electron chi connectivity index (χ1n) is 4.77. The maximum absolute atomic E-state index is 5.94. The number of anilines is 1. The van der Waals surface area contributed by atoms with Gasteiger partial charge in [0.1, 0.15) is 0 Å². The van der Waals surface area contributed by atoms with Crippen LogP contribution in [0.5, 0.6) is 0 Å². The molecule has 1 heterocycles. The summed E-state index contributed by atoms with van der Waals surface area (Å²) in [6.45, 7) is 2.93. The van der Waals surface area contributed by atoms with Crippen LogP contribution in [0.15, 0.2) is 35.0 Å². The molecule has 0 amide bonds. The topological polar surface area (TPSA) is 12.0 Å². The summed E-state index contributed by atoms with van der Waals surface area (Å²) in [5.41, 5.74) is 3.63. The van der Waals surface area contributed by atoms with Gasteiger partial charge in [0, 0.05) is 17.3 Å². The number of hydrogen-bond acceptors (Lipinski definition) is 2. The van der Waals surface area contributed by atoms with Gasteiger partial charge in [-0.1, -0.05) is 17.7 Å². The molecule has 1 aromatic heterocycles. The Labute approximate surface area is 98.7 Å². The summed E-state index contributed by atoms with van der Waals surface area (Å²) in [7, 11) is 0. The average molecular weight is 238 g/mol. The van der Waals surface area contributed by atoms with E-state index in [1.165, 1.54) is 11.1 Å². The lowest BCUT2D eigenvalue weighted by atomic mass is 10.2. The molecule has 0 atom stereocenters. The quantitative estimate of drug-likeness (QED) is 0.838. The van der Waals surface area contributed by atoms with Gasteiger partial charge in [-0.25, -0.2) is 0 Å². The molecule has 2 aromatic rings. The number of benzene rings is 1. The van der Waals surface area contributed by atoms with Crippen LogP contribution < -0.4 is 5.32 Å². The molecule has 0 unspecified atom stereocenters. The van der Waals surface area contributed by atoms with Crippen LogP contribution in [0.2, 0.25) is 5.02 Å². The second kappa shape index (κ2) is 4.69. The summed E-state index contributed by atoms with van der Waals surface area (Å²) in [5, 5.41) is 8.38. The first kappa shape index (κ1) is 10.5. The lowest BCUT2D eigenvalue weighted by Crippen LogP contribution is -1.99. The van der Waals surface area contributed by atoms with Crippen molar-refractivity contribution in [3.63, 3.8) is 0 Å². The van der Waals surface area contributed by atoms with Crippen LogP contribution in [-0.2, 0) is 6.54 Å². The molecule has 2 rings (SSSR count). The Morgan fingerprint density at radius 3 is 2.93 bits per heavy atom. The van der Waals surface area contributed by atoms with Crippen LogP contribution in [0, 0.1) is 6.92 Å². The van der Waals surface area contributed by atoms with Gasteiger partial charge in [-0.15, -0.1) is 0 Å². The van der Waals surface area contributed by atoms with Crippen LogP contribution in [-0.4, -0.2) is 0 Å². The van der Waals surface area contributed by atoms with Gasteiger partial charge in [0.05, 0.1) is 0 Å². The van der Waals surface area contributed by atoms with Gasteiger partial charge in [-0.05, 0) is 47.0 Å². The minimum absolute atomic E-state index is 0.772. The standard InChI is InChI=1S/C12H12ClNS/c1-9-2-3-11(13)6-12(9)14-7-10-4-5-15-8-10/h2-6,8,14H,7H2,1H3. The summed E-state index contributed by atoms with van der Waals surface area (Å²) < 4.78 is 0. The van der Waals surface area contributed by atoms with Gasteiger partial charge >= 0.3 is 0 Å². The zero-order chi connectivity index (χ0) is 10.7. The molecule has 78 valence electrons. The minimum atomic E-state index is 0.772. The fourth-order valence-electron chi connectivity index (χ4n) is 1.38. The van der Waals surface area contributed by atoms with E-state index in [-0.39, 0.29) is 0 Å². The third-order valence-electron chi connectivity index (χ3n) is 2.26. The third-order valence-corrected chi connectivity index (χ3v) is 3.23. The molecular weight excluding hydrogens is 226 g/mol. The van der Waals surface area contributed by atoms with E-state index >= 15 is 0 Å². The molecular formula is C12H12ClNS. The Morgan fingerprint density at radius 2 is 2.20 bits per heavy atom. The number of aryl methyl sites for hydroxylation is 1. The van der Waals surface area contributed by atoms with Crippen molar-refractivity contribution in [3.05, 3.63) is 51.2 Å². The number of rotatable bonds is 3. The van der Waals surface area contributed by atoms with Gasteiger partial charge in [-0.2, -0.15) is 11.3 Å². The van der Waals surface area contributed by atoms with Crippen LogP contribution >= 0.6 is 22.9 Å². The van der Waals surface area contributed by atoms with E-state index in [1.54, 1.807) is 11.3 Å². The van der Waals surface area contributed by atoms with E-state index in [2.05, 4.69) is 29.1 Å². The van der Waals surface area contributed by atoms with Crippen molar-refractivity contribution in [2.45, 2.75) is 13.5 Å². The van der Waals surface area contributed by atoms with E-state index < -0.39 is 0 Å². The van der Waals surface area contributed by atoms with Gasteiger partial charge < -0.3 is 5.32 Å². The second-order valence-corrected chi connectivity index (χ2v) is 4.66. The molecule has 0 aliphatic carbocycles. The Kier molecular flexibility index (Phi) is 3.29. The van der Waals surface area contributed by atoms with Gasteiger partial charge in [0.15, 0.2) is 0 Å². The fraction of sp³-hybridized carbons (Fsp3) is 0.167. The number of nitrogens with one attached hydrogen (secondary N) is 1. The largest absolute Gasteiger partial charge is 0.381 e. The van der Waals surface area contributed by atoms with Crippen molar-refractivity contribution in [3.8, 4) is 0 Å². The van der Waals surface area contributed by atoms with E-state index in [1.807, 2.05) is 18.2 Å². The highest BCUT2D eigenvalue weighted by Crippen LogP contribution is 2.21. The Bertz CT molecular complexity index is 437. The van der Waals surface area contributed by atoms with Gasteiger partial charge in [-0.3, -0.25) is 0 Å². The normalized spacial score (nSPS) is 10.3. The maximum atomic E-state index is 5.94. The summed E-state index contributed by atoms with van der Waals surface area (Å²) >= 11 is 7.66. The fourth-order valence-corrected chi connectivity index (χ4v) is 2.22. The summed E-state index contributed by atoms with van der Waals surface area (Å²) in [6, 6.07) is 8.02. The van der Waals surface area contributed by atoms with E-state index in [0.29, 0.717) is 0 Å². The molecule has 0 radical (unpaired) electrons. The highest BCUT2D eigenvalue weighted by atomic mass is 35.5. The van der Waals surface area contributed by atoms with Crippen molar-refractivity contribution in [1.82, 2.24) is 0 Å². The SMILES string of the molecule is Cc1ccc(Cl)cc1NCc1ccsc1. The number of hydrogen-bond donors (Lipinski definition) is 1. The third kappa shape index (κ3) is 2.74. The molecule has 1 N–H and O–H groups in total. The molecule has 3 heteroatoms. The predicted octanol–water partition coefficient (Wildman–Crippen LogP) is 4.32. The zero-order valence-corrected chi connectivity index (χ0v) is 10.0. The predicted molar refractivity (Wildman–Crippen MR) is 67.8 cm³/mol. The Balaban J connectivity index is 2.07. The Hall–Kier alpha value is -0.990. The lowest BCUT2D eigenvalue weighted by Gasteiger charge is -2.08. The van der Waals surface area contributed by atoms with Crippen LogP contribution in [0.3, 0.4) is 0 Å². The van der Waals surface area contributed by atoms with Crippen LogP contribution in [0.25, 0.3) is 0 Å². The van der Waals surface area contributed by atoms with Crippen LogP contribution in [0.1, 0.15) is 11.1 Å². The molecule has 0 saturated heterocycles. The van der Waals surface area contributed by atoms with Gasteiger partial charge in [0.2, 0.25) is 0 Å². The van der Waals surface area contributed by atoms with Gasteiger partial charge in [0.25, 0.3) is 0 Å². The smallest absolute Gasteiger partial charge is 0.0426 e. The second-order valence-electron chi connectivity index (χ2n) is 3.44. The van der Waals surface area contributed by atoms with Crippen molar-refractivity contribution in [1.29, 1.82) is 0 Å². The molecule has 1 nitrogen and oxygen atoms in total. The van der Waals surface area contributed by atoms with Crippen molar-refractivity contribution in [2.75, 3.05) is 5.32 Å². The number of halogens is 1. The van der Waals surface area contributed by atoms with Crippen molar-refractivity contribution in [2.24, 2.45) is 0 Å². The summed E-state index contributed by atoms with van der Waals surface area (Å²) in [6.07, 6.45) is 0. The molecule has 0 spiro atoms. The van der Waals surface area contributed by atoms with Crippen molar-refractivity contribution < 1.29 is 0 Å². The molecule has 15 heavy (non-hydrogen) atoms. The molecule has 0 bridgehead atoms. The summed E-state index contributed by atoms with van der Waals surface area (Å²) in [4.78, 5) is 0. The van der Waals surface area contributed by atoms with Crippen molar-refractivity contribution >= 4 is 28.6 Å². The van der Waals surface area contributed by atoms with E-state index in [9.17, 15) is 0 Å². The number of thiophene rings is 1. The first-order valence-corrected chi connectivity index (χ1v) is 6.09. The Morgan fingerprint density at radius 1 is 1.33 bits per heavy atom. The lowest BCUT2D eigenvalue weighted by molar-refractivity contribution is 1.15. The highest BCUT2D eigenvalue weighted by molar-refractivity contribution is 7.07. The molecule has 1 aromatic carbocycles. The first-order chi connectivity index (χ1) is 7.25. The molecule has 0 aliphatic heterocycles. The summed E-state index contributed by atoms with van der Waals surface area (Å²) in [5.74, 6) is 0. The van der Waals surface area contributed by atoms with E-state index in [0.717, 1.165) is 17.3 Å². The molecule has 0 fully saturated rings. The van der Waals surface area contributed by atoms with Crippen LogP contribution in [0.4, 0.5) is 5.69 Å². The minimum Gasteiger partial charge on any atom is -0.381 e. The molecule has 0 saturated carbocycles. The highest BCUT2D eigenvalue weighted by Gasteiger charge is 1.99. The average Bonchev–Trinajstić information content (AvgIpc) is 2.72.